The van der Waals surface area contributed by atoms with E-state index in [1.54, 1.807) is 17.7 Å². The summed E-state index contributed by atoms with van der Waals surface area (Å²) in [5.41, 5.74) is 2.40. The zero-order chi connectivity index (χ0) is 15.6. The summed E-state index contributed by atoms with van der Waals surface area (Å²) in [4.78, 5) is 14.5. The minimum atomic E-state index is 0.794. The zero-order valence-electron chi connectivity index (χ0n) is 12.5. The first-order valence-corrected chi connectivity index (χ1v) is 10.1. The average molecular weight is 405 g/mol. The molecular formula is C16H13BrN4S2. The molecule has 4 aromatic rings. The van der Waals surface area contributed by atoms with Gasteiger partial charge in [-0.25, -0.2) is 14.5 Å². The highest BCUT2D eigenvalue weighted by molar-refractivity contribution is 9.10. The summed E-state index contributed by atoms with van der Waals surface area (Å²) >= 11 is 7.21. The Balaban J connectivity index is 1.76. The number of aromatic nitrogens is 4. The van der Waals surface area contributed by atoms with Gasteiger partial charge in [0, 0.05) is 14.2 Å². The lowest BCUT2D eigenvalue weighted by atomic mass is 10.2. The molecule has 0 N–H and O–H groups in total. The predicted octanol–water partition coefficient (Wildman–Crippen LogP) is 4.88. The molecule has 0 spiro atoms. The molecule has 0 unspecified atom stereocenters. The molecule has 0 radical (unpaired) electrons. The Kier molecular flexibility index (Phi) is 3.11. The number of rotatable bonds is 2. The topological polar surface area (TPSA) is 43.1 Å². The number of halogens is 1. The fraction of sp³-hybridized carbons (Fsp3) is 0.312. The van der Waals surface area contributed by atoms with Gasteiger partial charge in [-0.2, -0.15) is 0 Å². The molecule has 0 atom stereocenters. The van der Waals surface area contributed by atoms with Crippen molar-refractivity contribution in [3.8, 4) is 10.7 Å². The maximum absolute atomic E-state index is 4.86. The summed E-state index contributed by atoms with van der Waals surface area (Å²) in [7, 11) is 0. The van der Waals surface area contributed by atoms with Crippen molar-refractivity contribution >= 4 is 54.5 Å². The molecule has 0 amide bonds. The molecule has 0 aliphatic heterocycles. The number of fused-ring (bicyclic) bond motifs is 5. The fourth-order valence-electron chi connectivity index (χ4n) is 3.25. The van der Waals surface area contributed by atoms with E-state index >= 15 is 0 Å². The van der Waals surface area contributed by atoms with Crippen molar-refractivity contribution in [1.82, 2.24) is 19.6 Å². The van der Waals surface area contributed by atoms with Crippen LogP contribution >= 0.6 is 38.6 Å². The summed E-state index contributed by atoms with van der Waals surface area (Å²) in [6.45, 7) is 2.17. The van der Waals surface area contributed by atoms with Crippen LogP contribution in [-0.4, -0.2) is 19.6 Å². The number of hydrogen-bond donors (Lipinski definition) is 0. The van der Waals surface area contributed by atoms with E-state index < -0.39 is 0 Å². The molecular weight excluding hydrogens is 392 g/mol. The van der Waals surface area contributed by atoms with E-state index in [-0.39, 0.29) is 0 Å². The smallest absolute Gasteiger partial charge is 0.192 e. The first-order chi connectivity index (χ1) is 11.2. The summed E-state index contributed by atoms with van der Waals surface area (Å²) in [6, 6.07) is 2.13. The molecule has 1 aliphatic rings. The van der Waals surface area contributed by atoms with Gasteiger partial charge in [-0.05, 0) is 53.2 Å². The number of hydrogen-bond acceptors (Lipinski definition) is 5. The van der Waals surface area contributed by atoms with Gasteiger partial charge in [-0.15, -0.1) is 27.8 Å². The maximum Gasteiger partial charge on any atom is 0.192 e. The molecule has 0 bridgehead atoms. The van der Waals surface area contributed by atoms with Crippen LogP contribution in [0.25, 0.3) is 26.6 Å². The molecule has 0 saturated carbocycles. The normalized spacial score (nSPS) is 14.2. The Morgan fingerprint density at radius 3 is 3.04 bits per heavy atom. The third-order valence-electron chi connectivity index (χ3n) is 4.34. The second-order valence-electron chi connectivity index (χ2n) is 5.72. The van der Waals surface area contributed by atoms with Crippen LogP contribution < -0.4 is 0 Å². The molecule has 0 saturated heterocycles. The highest BCUT2D eigenvalue weighted by Crippen LogP contribution is 2.39. The second kappa shape index (κ2) is 5.09. The van der Waals surface area contributed by atoms with Gasteiger partial charge >= 0.3 is 0 Å². The Morgan fingerprint density at radius 1 is 1.30 bits per heavy atom. The van der Waals surface area contributed by atoms with E-state index in [0.29, 0.717) is 0 Å². The van der Waals surface area contributed by atoms with Crippen molar-refractivity contribution in [3.05, 3.63) is 32.2 Å². The van der Waals surface area contributed by atoms with Gasteiger partial charge in [-0.1, -0.05) is 6.92 Å². The van der Waals surface area contributed by atoms with E-state index in [9.17, 15) is 0 Å². The van der Waals surface area contributed by atoms with Crippen molar-refractivity contribution in [2.45, 2.75) is 32.6 Å². The van der Waals surface area contributed by atoms with Crippen LogP contribution in [-0.2, 0) is 19.3 Å². The van der Waals surface area contributed by atoms with Crippen LogP contribution in [0.3, 0.4) is 0 Å². The van der Waals surface area contributed by atoms with Gasteiger partial charge in [0.1, 0.15) is 11.2 Å². The molecule has 4 nitrogen and oxygen atoms in total. The first kappa shape index (κ1) is 14.1. The SMILES string of the molecule is CCc1sc(-c2nc3c4c5c(sc4ncn3n2)CCC5)cc1Br. The highest BCUT2D eigenvalue weighted by atomic mass is 79.9. The van der Waals surface area contributed by atoms with Crippen LogP contribution in [0.1, 0.15) is 28.7 Å². The van der Waals surface area contributed by atoms with Gasteiger partial charge in [0.15, 0.2) is 11.5 Å². The summed E-state index contributed by atoms with van der Waals surface area (Å²) in [5.74, 6) is 0.794. The van der Waals surface area contributed by atoms with Crippen molar-refractivity contribution in [1.29, 1.82) is 0 Å². The van der Waals surface area contributed by atoms with Crippen LogP contribution in [0.15, 0.2) is 16.9 Å². The molecule has 0 aromatic carbocycles. The number of thiophene rings is 2. The molecule has 4 aromatic heterocycles. The Bertz CT molecular complexity index is 1060. The maximum atomic E-state index is 4.86. The third kappa shape index (κ3) is 2.03. The van der Waals surface area contributed by atoms with Gasteiger partial charge in [-0.3, -0.25) is 0 Å². The molecule has 5 rings (SSSR count). The quantitative estimate of drug-likeness (QED) is 0.477. The first-order valence-electron chi connectivity index (χ1n) is 7.69. The summed E-state index contributed by atoms with van der Waals surface area (Å²) in [5, 5.41) is 5.88. The Morgan fingerprint density at radius 2 is 2.22 bits per heavy atom. The van der Waals surface area contributed by atoms with Gasteiger partial charge in [0.25, 0.3) is 0 Å². The molecule has 1 aliphatic carbocycles. The lowest BCUT2D eigenvalue weighted by Gasteiger charge is -1.95. The minimum absolute atomic E-state index is 0.794. The van der Waals surface area contributed by atoms with E-state index in [0.717, 1.165) is 38.5 Å². The average Bonchev–Trinajstić information content (AvgIpc) is 3.26. The molecule has 4 heterocycles. The van der Waals surface area contributed by atoms with E-state index in [1.165, 1.54) is 33.5 Å². The third-order valence-corrected chi connectivity index (χ3v) is 7.79. The van der Waals surface area contributed by atoms with Crippen molar-refractivity contribution < 1.29 is 0 Å². The number of aryl methyl sites for hydroxylation is 3. The van der Waals surface area contributed by atoms with Crippen LogP contribution in [0.2, 0.25) is 0 Å². The molecule has 116 valence electrons. The lowest BCUT2D eigenvalue weighted by Crippen LogP contribution is -1.90. The summed E-state index contributed by atoms with van der Waals surface area (Å²) < 4.78 is 2.99. The van der Waals surface area contributed by atoms with Crippen molar-refractivity contribution in [2.75, 3.05) is 0 Å². The van der Waals surface area contributed by atoms with Gasteiger partial charge in [0.2, 0.25) is 0 Å². The standard InChI is InChI=1S/C16H13BrN4S2/c1-2-10-9(17)6-12(22-10)14-19-15-13-8-4-3-5-11(8)23-16(13)18-7-21(15)20-14/h6-7H,2-5H2,1H3. The van der Waals surface area contributed by atoms with Crippen LogP contribution in [0, 0.1) is 0 Å². The van der Waals surface area contributed by atoms with Gasteiger partial charge in [0.05, 0.1) is 10.3 Å². The number of nitrogens with zero attached hydrogens (tertiary/aromatic N) is 4. The zero-order valence-corrected chi connectivity index (χ0v) is 15.7. The van der Waals surface area contributed by atoms with Crippen LogP contribution in [0.5, 0.6) is 0 Å². The van der Waals surface area contributed by atoms with E-state index in [2.05, 4.69) is 39.0 Å². The van der Waals surface area contributed by atoms with E-state index in [4.69, 9.17) is 4.98 Å². The highest BCUT2D eigenvalue weighted by Gasteiger charge is 2.22. The molecule has 7 heteroatoms. The van der Waals surface area contributed by atoms with Gasteiger partial charge < -0.3 is 0 Å². The van der Waals surface area contributed by atoms with Crippen LogP contribution in [0.4, 0.5) is 0 Å². The fourth-order valence-corrected chi connectivity index (χ4v) is 6.30. The monoisotopic (exact) mass is 404 g/mol. The Labute approximate surface area is 149 Å². The lowest BCUT2D eigenvalue weighted by molar-refractivity contribution is 0.914. The van der Waals surface area contributed by atoms with E-state index in [1.807, 2.05) is 15.9 Å². The predicted molar refractivity (Wildman–Crippen MR) is 98.6 cm³/mol. The minimum Gasteiger partial charge on any atom is -0.225 e. The molecule has 0 fully saturated rings. The largest absolute Gasteiger partial charge is 0.225 e. The summed E-state index contributed by atoms with van der Waals surface area (Å²) in [6.07, 6.45) is 6.38. The molecule has 23 heavy (non-hydrogen) atoms. The Hall–Kier alpha value is -1.31. The van der Waals surface area contributed by atoms with Crippen molar-refractivity contribution in [3.63, 3.8) is 0 Å². The second-order valence-corrected chi connectivity index (χ2v) is 8.80. The van der Waals surface area contributed by atoms with Crippen molar-refractivity contribution in [2.24, 2.45) is 0 Å².